The van der Waals surface area contributed by atoms with Gasteiger partial charge < -0.3 is 15.0 Å². The van der Waals surface area contributed by atoms with Gasteiger partial charge in [-0.05, 0) is 5.16 Å². The molecule has 80 valence electrons. The Morgan fingerprint density at radius 2 is 2.29 bits per heavy atom. The van der Waals surface area contributed by atoms with Gasteiger partial charge in [0.25, 0.3) is 5.88 Å². The standard InChI is InChI=1S/C7H9F3N2O2/c1-13-6-3-4(14-12-6)2-5(11)7(8,9)10/h3,5H,2,11H2,1H3. The molecule has 1 unspecified atom stereocenters. The minimum Gasteiger partial charge on any atom is -0.479 e. The molecule has 1 aromatic heterocycles. The molecule has 14 heavy (non-hydrogen) atoms. The average molecular weight is 210 g/mol. The van der Waals surface area contributed by atoms with Crippen LogP contribution in [-0.2, 0) is 6.42 Å². The molecule has 0 aliphatic carbocycles. The molecule has 0 aromatic carbocycles. The molecule has 0 saturated heterocycles. The first kappa shape index (κ1) is 10.8. The largest absolute Gasteiger partial charge is 0.479 e. The molecule has 1 heterocycles. The second kappa shape index (κ2) is 3.87. The van der Waals surface area contributed by atoms with Gasteiger partial charge in [-0.25, -0.2) is 0 Å². The molecular weight excluding hydrogens is 201 g/mol. The van der Waals surface area contributed by atoms with E-state index in [-0.39, 0.29) is 11.6 Å². The first-order valence-electron chi connectivity index (χ1n) is 3.75. The van der Waals surface area contributed by atoms with Crippen LogP contribution in [0.3, 0.4) is 0 Å². The normalized spacial score (nSPS) is 14.1. The van der Waals surface area contributed by atoms with Gasteiger partial charge in [0.15, 0.2) is 0 Å². The first-order valence-corrected chi connectivity index (χ1v) is 3.75. The van der Waals surface area contributed by atoms with Crippen LogP contribution in [-0.4, -0.2) is 24.5 Å². The molecule has 0 fully saturated rings. The topological polar surface area (TPSA) is 61.3 Å². The van der Waals surface area contributed by atoms with Gasteiger partial charge in [-0.15, -0.1) is 0 Å². The van der Waals surface area contributed by atoms with E-state index in [2.05, 4.69) is 14.4 Å². The third kappa shape index (κ3) is 2.63. The van der Waals surface area contributed by atoms with Crippen molar-refractivity contribution in [2.45, 2.75) is 18.6 Å². The molecule has 0 aliphatic rings. The van der Waals surface area contributed by atoms with E-state index in [1.54, 1.807) is 0 Å². The number of halogens is 3. The summed E-state index contributed by atoms with van der Waals surface area (Å²) in [5.41, 5.74) is 4.88. The van der Waals surface area contributed by atoms with Crippen LogP contribution >= 0.6 is 0 Å². The van der Waals surface area contributed by atoms with Crippen molar-refractivity contribution in [3.8, 4) is 5.88 Å². The molecule has 2 N–H and O–H groups in total. The number of hydrogen-bond donors (Lipinski definition) is 1. The quantitative estimate of drug-likeness (QED) is 0.811. The molecule has 0 spiro atoms. The second-order valence-electron chi connectivity index (χ2n) is 2.69. The highest BCUT2D eigenvalue weighted by atomic mass is 19.4. The third-order valence-electron chi connectivity index (χ3n) is 1.59. The Hall–Kier alpha value is -1.24. The first-order chi connectivity index (χ1) is 6.43. The molecule has 0 radical (unpaired) electrons. The van der Waals surface area contributed by atoms with Crippen molar-refractivity contribution < 1.29 is 22.4 Å². The molecule has 0 amide bonds. The van der Waals surface area contributed by atoms with Crippen LogP contribution in [0.1, 0.15) is 5.76 Å². The van der Waals surface area contributed by atoms with Gasteiger partial charge in [-0.2, -0.15) is 13.2 Å². The molecule has 4 nitrogen and oxygen atoms in total. The fourth-order valence-corrected chi connectivity index (χ4v) is 0.819. The zero-order valence-corrected chi connectivity index (χ0v) is 7.34. The number of hydrogen-bond acceptors (Lipinski definition) is 4. The fourth-order valence-electron chi connectivity index (χ4n) is 0.819. The van der Waals surface area contributed by atoms with Gasteiger partial charge in [0.05, 0.1) is 7.11 Å². The minimum atomic E-state index is -4.43. The Morgan fingerprint density at radius 1 is 1.64 bits per heavy atom. The Morgan fingerprint density at radius 3 is 2.71 bits per heavy atom. The molecule has 0 bridgehead atoms. The summed E-state index contributed by atoms with van der Waals surface area (Å²) < 4.78 is 45.2. The van der Waals surface area contributed by atoms with Crippen LogP contribution in [0.25, 0.3) is 0 Å². The average Bonchev–Trinajstić information content (AvgIpc) is 2.50. The van der Waals surface area contributed by atoms with Gasteiger partial charge in [0.1, 0.15) is 11.8 Å². The van der Waals surface area contributed by atoms with Crippen molar-refractivity contribution in [1.29, 1.82) is 0 Å². The van der Waals surface area contributed by atoms with Crippen molar-refractivity contribution in [2.24, 2.45) is 5.73 Å². The summed E-state index contributed by atoms with van der Waals surface area (Å²) >= 11 is 0. The number of ether oxygens (including phenoxy) is 1. The van der Waals surface area contributed by atoms with E-state index in [1.165, 1.54) is 13.2 Å². The lowest BCUT2D eigenvalue weighted by molar-refractivity contribution is -0.148. The number of alkyl halides is 3. The van der Waals surface area contributed by atoms with E-state index in [1.807, 2.05) is 0 Å². The molecule has 0 aliphatic heterocycles. The number of rotatable bonds is 3. The zero-order chi connectivity index (χ0) is 10.8. The summed E-state index contributed by atoms with van der Waals surface area (Å²) in [6.07, 6.45) is -4.88. The van der Waals surface area contributed by atoms with Gasteiger partial charge in [0.2, 0.25) is 0 Å². The van der Waals surface area contributed by atoms with Crippen LogP contribution in [0.4, 0.5) is 13.2 Å². The van der Waals surface area contributed by atoms with E-state index >= 15 is 0 Å². The highest BCUT2D eigenvalue weighted by Crippen LogP contribution is 2.22. The van der Waals surface area contributed by atoms with Crippen molar-refractivity contribution in [3.63, 3.8) is 0 Å². The van der Waals surface area contributed by atoms with Gasteiger partial charge >= 0.3 is 6.18 Å². The predicted molar refractivity (Wildman–Crippen MR) is 40.8 cm³/mol. The highest BCUT2D eigenvalue weighted by molar-refractivity contribution is 5.11. The van der Waals surface area contributed by atoms with Crippen LogP contribution in [0.5, 0.6) is 5.88 Å². The van der Waals surface area contributed by atoms with E-state index in [0.717, 1.165) is 0 Å². The Labute approximate surface area is 77.8 Å². The SMILES string of the molecule is COc1cc(CC(N)C(F)(F)F)on1. The summed E-state index contributed by atoms with van der Waals surface area (Å²) in [6.45, 7) is 0. The summed E-state index contributed by atoms with van der Waals surface area (Å²) in [4.78, 5) is 0. The van der Waals surface area contributed by atoms with Gasteiger partial charge in [0, 0.05) is 12.5 Å². The second-order valence-corrected chi connectivity index (χ2v) is 2.69. The summed E-state index contributed by atoms with van der Waals surface area (Å²) in [6, 6.07) is -0.675. The van der Waals surface area contributed by atoms with Crippen LogP contribution in [0.15, 0.2) is 10.6 Å². The molecule has 0 saturated carbocycles. The zero-order valence-electron chi connectivity index (χ0n) is 7.34. The van der Waals surface area contributed by atoms with Crippen molar-refractivity contribution >= 4 is 0 Å². The number of aromatic nitrogens is 1. The third-order valence-corrected chi connectivity index (χ3v) is 1.59. The van der Waals surface area contributed by atoms with Gasteiger partial charge in [-0.1, -0.05) is 0 Å². The molecule has 1 rings (SSSR count). The Kier molecular flexibility index (Phi) is 3.00. The predicted octanol–water partition coefficient (Wildman–Crippen LogP) is 1.12. The maximum Gasteiger partial charge on any atom is 0.404 e. The summed E-state index contributed by atoms with van der Waals surface area (Å²) in [5, 5.41) is 3.35. The lowest BCUT2D eigenvalue weighted by atomic mass is 10.2. The van der Waals surface area contributed by atoms with Crippen molar-refractivity contribution in [3.05, 3.63) is 11.8 Å². The monoisotopic (exact) mass is 210 g/mol. The van der Waals surface area contributed by atoms with Crippen LogP contribution in [0.2, 0.25) is 0 Å². The smallest absolute Gasteiger partial charge is 0.404 e. The fraction of sp³-hybridized carbons (Fsp3) is 0.571. The lowest BCUT2D eigenvalue weighted by Crippen LogP contribution is -2.38. The van der Waals surface area contributed by atoms with Crippen LogP contribution < -0.4 is 10.5 Å². The van der Waals surface area contributed by atoms with Crippen molar-refractivity contribution in [2.75, 3.05) is 7.11 Å². The number of methoxy groups -OCH3 is 1. The molecular formula is C7H9F3N2O2. The Balaban J connectivity index is 2.60. The number of nitrogens with two attached hydrogens (primary N) is 1. The summed E-state index contributed by atoms with van der Waals surface area (Å²) in [5.74, 6) is 0.182. The lowest BCUT2D eigenvalue weighted by Gasteiger charge is -2.12. The Bertz CT molecular complexity index is 297. The van der Waals surface area contributed by atoms with Crippen LogP contribution in [0, 0.1) is 0 Å². The van der Waals surface area contributed by atoms with E-state index in [0.29, 0.717) is 0 Å². The molecule has 7 heteroatoms. The van der Waals surface area contributed by atoms with E-state index in [9.17, 15) is 13.2 Å². The maximum atomic E-state index is 12.0. The van der Waals surface area contributed by atoms with Gasteiger partial charge in [-0.3, -0.25) is 0 Å². The number of nitrogens with zero attached hydrogens (tertiary/aromatic N) is 1. The van der Waals surface area contributed by atoms with E-state index < -0.39 is 18.6 Å². The van der Waals surface area contributed by atoms with Crippen molar-refractivity contribution in [1.82, 2.24) is 5.16 Å². The molecule has 1 atom stereocenters. The molecule has 1 aromatic rings. The minimum absolute atomic E-state index is 0.0478. The maximum absolute atomic E-state index is 12.0. The van der Waals surface area contributed by atoms with E-state index in [4.69, 9.17) is 5.73 Å². The summed E-state index contributed by atoms with van der Waals surface area (Å²) in [7, 11) is 1.34. The highest BCUT2D eigenvalue weighted by Gasteiger charge is 2.37.